The van der Waals surface area contributed by atoms with Crippen LogP contribution in [0, 0.1) is 0 Å². The molecule has 12 heavy (non-hydrogen) atoms. The van der Waals surface area contributed by atoms with Crippen molar-refractivity contribution in [2.45, 2.75) is 38.4 Å². The highest BCUT2D eigenvalue weighted by Gasteiger charge is 2.21. The zero-order valence-electron chi connectivity index (χ0n) is 7.91. The Balaban J connectivity index is 4.27. The number of nitrogens with two attached hydrogens (primary N) is 1. The van der Waals surface area contributed by atoms with Crippen molar-refractivity contribution in [1.29, 1.82) is 0 Å². The fraction of sp³-hybridized carbons (Fsp3) is 1.00. The van der Waals surface area contributed by atoms with Gasteiger partial charge in [0.2, 0.25) is 0 Å². The van der Waals surface area contributed by atoms with E-state index >= 15 is 0 Å². The molecule has 0 spiro atoms. The fourth-order valence-corrected chi connectivity index (χ4v) is 3.18. The predicted octanol–water partition coefficient (Wildman–Crippen LogP) is 0.939. The average Bonchev–Trinajstić information content (AvgIpc) is 1.99. The highest BCUT2D eigenvalue weighted by Crippen LogP contribution is 2.11. The lowest BCUT2D eigenvalue weighted by Crippen LogP contribution is -2.25. The third-order valence-electron chi connectivity index (χ3n) is 1.94. The van der Waals surface area contributed by atoms with Crippen LogP contribution in [0.4, 0.5) is 0 Å². The van der Waals surface area contributed by atoms with E-state index in [0.29, 0.717) is 31.6 Å². The molecule has 0 aromatic heterocycles. The summed E-state index contributed by atoms with van der Waals surface area (Å²) < 4.78 is 23.0. The largest absolute Gasteiger partial charge is 0.330 e. The molecule has 1 atom stereocenters. The van der Waals surface area contributed by atoms with Gasteiger partial charge in [-0.1, -0.05) is 13.8 Å². The second-order valence-electron chi connectivity index (χ2n) is 2.97. The highest BCUT2D eigenvalue weighted by atomic mass is 32.2. The van der Waals surface area contributed by atoms with Crippen molar-refractivity contribution in [3.8, 4) is 0 Å². The molecule has 4 heteroatoms. The van der Waals surface area contributed by atoms with Crippen LogP contribution in [0.15, 0.2) is 0 Å². The molecule has 0 rings (SSSR count). The van der Waals surface area contributed by atoms with Gasteiger partial charge in [-0.15, -0.1) is 0 Å². The van der Waals surface area contributed by atoms with Gasteiger partial charge in [0.15, 0.2) is 9.84 Å². The molecular weight excluding hydrogens is 174 g/mol. The first-order valence-corrected chi connectivity index (χ1v) is 6.21. The second-order valence-corrected chi connectivity index (χ2v) is 5.38. The Bertz CT molecular complexity index is 199. The van der Waals surface area contributed by atoms with E-state index in [0.717, 1.165) is 0 Å². The topological polar surface area (TPSA) is 60.2 Å². The maximum atomic E-state index is 11.5. The summed E-state index contributed by atoms with van der Waals surface area (Å²) in [6, 6.07) is 0. The number of hydrogen-bond acceptors (Lipinski definition) is 3. The molecule has 0 amide bonds. The summed E-state index contributed by atoms with van der Waals surface area (Å²) in [4.78, 5) is 0. The number of rotatable bonds is 6. The van der Waals surface area contributed by atoms with Gasteiger partial charge < -0.3 is 5.73 Å². The van der Waals surface area contributed by atoms with Gasteiger partial charge in [0, 0.05) is 0 Å². The van der Waals surface area contributed by atoms with Crippen LogP contribution in [0.25, 0.3) is 0 Å². The Morgan fingerprint density at radius 3 is 2.25 bits per heavy atom. The van der Waals surface area contributed by atoms with Crippen LogP contribution in [0.1, 0.15) is 33.1 Å². The van der Waals surface area contributed by atoms with Crippen molar-refractivity contribution >= 4 is 9.84 Å². The highest BCUT2D eigenvalue weighted by molar-refractivity contribution is 7.92. The maximum Gasteiger partial charge on any atom is 0.153 e. The predicted molar refractivity (Wildman–Crippen MR) is 51.8 cm³/mol. The minimum absolute atomic E-state index is 0.220. The smallest absolute Gasteiger partial charge is 0.153 e. The van der Waals surface area contributed by atoms with Crippen molar-refractivity contribution in [3.05, 3.63) is 0 Å². The van der Waals surface area contributed by atoms with E-state index in [4.69, 9.17) is 5.73 Å². The van der Waals surface area contributed by atoms with Crippen LogP contribution in [0.3, 0.4) is 0 Å². The van der Waals surface area contributed by atoms with Gasteiger partial charge in [-0.25, -0.2) is 8.42 Å². The van der Waals surface area contributed by atoms with Gasteiger partial charge in [0.25, 0.3) is 0 Å². The molecule has 0 aliphatic heterocycles. The van der Waals surface area contributed by atoms with Gasteiger partial charge in [0.1, 0.15) is 0 Å². The fourth-order valence-electron chi connectivity index (χ4n) is 1.27. The molecule has 0 aliphatic carbocycles. The molecular formula is C8H19NO2S. The average molecular weight is 193 g/mol. The molecule has 0 heterocycles. The summed E-state index contributed by atoms with van der Waals surface area (Å²) >= 11 is 0. The molecule has 0 aromatic rings. The van der Waals surface area contributed by atoms with Crippen LogP contribution in [-0.2, 0) is 9.84 Å². The van der Waals surface area contributed by atoms with E-state index in [2.05, 4.69) is 0 Å². The molecule has 1 unspecified atom stereocenters. The van der Waals surface area contributed by atoms with Crippen LogP contribution in [0.5, 0.6) is 0 Å². The second kappa shape index (κ2) is 5.54. The zero-order chi connectivity index (χ0) is 9.61. The summed E-state index contributed by atoms with van der Waals surface area (Å²) in [7, 11) is -2.86. The van der Waals surface area contributed by atoms with Gasteiger partial charge in [-0.2, -0.15) is 0 Å². The minimum Gasteiger partial charge on any atom is -0.330 e. The Kier molecular flexibility index (Phi) is 5.50. The van der Waals surface area contributed by atoms with Gasteiger partial charge >= 0.3 is 0 Å². The van der Waals surface area contributed by atoms with Crippen molar-refractivity contribution in [1.82, 2.24) is 0 Å². The van der Waals surface area contributed by atoms with E-state index in [1.165, 1.54) is 0 Å². The number of hydrogen-bond donors (Lipinski definition) is 1. The molecule has 2 N–H and O–H groups in total. The van der Waals surface area contributed by atoms with E-state index in [1.54, 1.807) is 0 Å². The van der Waals surface area contributed by atoms with E-state index in [1.807, 2.05) is 13.8 Å². The summed E-state index contributed by atoms with van der Waals surface area (Å²) in [6.07, 6.45) is 1.97. The molecule has 3 nitrogen and oxygen atoms in total. The summed E-state index contributed by atoms with van der Waals surface area (Å²) in [5, 5.41) is -0.220. The van der Waals surface area contributed by atoms with Crippen LogP contribution < -0.4 is 5.73 Å². The minimum atomic E-state index is -2.86. The van der Waals surface area contributed by atoms with Crippen molar-refractivity contribution in [2.75, 3.05) is 12.3 Å². The Labute approximate surface area is 75.3 Å². The molecule has 0 bridgehead atoms. The Morgan fingerprint density at radius 2 is 1.92 bits per heavy atom. The van der Waals surface area contributed by atoms with E-state index < -0.39 is 9.84 Å². The van der Waals surface area contributed by atoms with Crippen LogP contribution in [-0.4, -0.2) is 26.0 Å². The lowest BCUT2D eigenvalue weighted by molar-refractivity contribution is 0.566. The summed E-state index contributed by atoms with van der Waals surface area (Å²) in [5.41, 5.74) is 5.33. The lowest BCUT2D eigenvalue weighted by Gasteiger charge is -2.13. The zero-order valence-corrected chi connectivity index (χ0v) is 8.73. The van der Waals surface area contributed by atoms with Crippen molar-refractivity contribution in [2.24, 2.45) is 5.73 Å². The SMILES string of the molecule is CCCS(=O)(=O)C(CC)CCN. The Hall–Kier alpha value is -0.0900. The number of sulfone groups is 1. The third kappa shape index (κ3) is 3.54. The quantitative estimate of drug-likeness (QED) is 0.683. The molecule has 0 fully saturated rings. The molecule has 0 aliphatic rings. The van der Waals surface area contributed by atoms with E-state index in [9.17, 15) is 8.42 Å². The standard InChI is InChI=1S/C8H19NO2S/c1-3-7-12(10,11)8(4-2)5-6-9/h8H,3-7,9H2,1-2H3. The van der Waals surface area contributed by atoms with Gasteiger partial charge in [-0.3, -0.25) is 0 Å². The normalized spacial score (nSPS) is 14.6. The van der Waals surface area contributed by atoms with Crippen LogP contribution >= 0.6 is 0 Å². The molecule has 0 saturated heterocycles. The third-order valence-corrected chi connectivity index (χ3v) is 4.50. The monoisotopic (exact) mass is 193 g/mol. The first kappa shape index (κ1) is 11.9. The van der Waals surface area contributed by atoms with Crippen molar-refractivity contribution < 1.29 is 8.42 Å². The Morgan fingerprint density at radius 1 is 1.33 bits per heavy atom. The molecule has 0 radical (unpaired) electrons. The molecule has 0 saturated carbocycles. The lowest BCUT2D eigenvalue weighted by atomic mass is 10.2. The van der Waals surface area contributed by atoms with Crippen LogP contribution in [0.2, 0.25) is 0 Å². The first-order valence-electron chi connectivity index (χ1n) is 4.50. The molecule has 74 valence electrons. The summed E-state index contributed by atoms with van der Waals surface area (Å²) in [6.45, 7) is 4.24. The van der Waals surface area contributed by atoms with Gasteiger partial charge in [-0.05, 0) is 25.8 Å². The van der Waals surface area contributed by atoms with Gasteiger partial charge in [0.05, 0.1) is 11.0 Å². The molecule has 0 aromatic carbocycles. The first-order chi connectivity index (χ1) is 5.58. The maximum absolute atomic E-state index is 11.5. The summed E-state index contributed by atoms with van der Waals surface area (Å²) in [5.74, 6) is 0.297. The van der Waals surface area contributed by atoms with Crippen molar-refractivity contribution in [3.63, 3.8) is 0 Å². The van der Waals surface area contributed by atoms with E-state index in [-0.39, 0.29) is 5.25 Å².